The molecule has 8 nitrogen and oxygen atoms in total. The fourth-order valence-electron chi connectivity index (χ4n) is 3.10. The molecule has 0 bridgehead atoms. The van der Waals surface area contributed by atoms with E-state index in [1.165, 1.54) is 19.3 Å². The Balaban J connectivity index is 1.36. The zero-order valence-electron chi connectivity index (χ0n) is 15.4. The van der Waals surface area contributed by atoms with Gasteiger partial charge in [0, 0.05) is 31.2 Å². The van der Waals surface area contributed by atoms with Crippen LogP contribution in [0.4, 0.5) is 5.69 Å². The predicted molar refractivity (Wildman–Crippen MR) is 102 cm³/mol. The molecule has 0 saturated carbocycles. The van der Waals surface area contributed by atoms with Crippen LogP contribution in [0.3, 0.4) is 0 Å². The van der Waals surface area contributed by atoms with Crippen LogP contribution in [0.15, 0.2) is 36.5 Å². The van der Waals surface area contributed by atoms with E-state index >= 15 is 0 Å². The minimum Gasteiger partial charge on any atom is -0.350 e. The fraction of sp³-hybridized carbons (Fsp3) is 0.474. The van der Waals surface area contributed by atoms with Gasteiger partial charge in [-0.3, -0.25) is 14.3 Å². The molecule has 2 aromatic rings. The first-order valence-electron chi connectivity index (χ1n) is 9.47. The maximum atomic E-state index is 12.1. The number of amides is 2. The Bertz CT molecular complexity index is 740. The average Bonchev–Trinajstić information content (AvgIpc) is 3.17. The number of aromatic nitrogens is 3. The molecule has 0 spiro atoms. The van der Waals surface area contributed by atoms with Crippen LogP contribution in [0.1, 0.15) is 42.6 Å². The number of hydrogen-bond acceptors (Lipinski definition) is 5. The van der Waals surface area contributed by atoms with E-state index in [0.29, 0.717) is 6.04 Å². The van der Waals surface area contributed by atoms with Crippen LogP contribution in [0.5, 0.6) is 0 Å². The lowest BCUT2D eigenvalue weighted by Crippen LogP contribution is -2.34. The minimum absolute atomic E-state index is 0.148. The van der Waals surface area contributed by atoms with E-state index < -0.39 is 0 Å². The highest BCUT2D eigenvalue weighted by Gasteiger charge is 2.14. The largest absolute Gasteiger partial charge is 0.350 e. The highest BCUT2D eigenvalue weighted by atomic mass is 16.2. The lowest BCUT2D eigenvalue weighted by Gasteiger charge is -2.23. The molecule has 1 aliphatic heterocycles. The van der Waals surface area contributed by atoms with Crippen LogP contribution in [0, 0.1) is 0 Å². The van der Waals surface area contributed by atoms with E-state index in [0.717, 1.165) is 25.2 Å². The second-order valence-corrected chi connectivity index (χ2v) is 6.72. The van der Waals surface area contributed by atoms with Gasteiger partial charge in [0.25, 0.3) is 5.91 Å². The van der Waals surface area contributed by atoms with Gasteiger partial charge in [-0.15, -0.1) is 5.10 Å². The summed E-state index contributed by atoms with van der Waals surface area (Å²) in [4.78, 5) is 24.0. The molecule has 8 heteroatoms. The zero-order chi connectivity index (χ0) is 18.9. The second kappa shape index (κ2) is 9.82. The molecule has 1 aromatic heterocycles. The number of piperidine rings is 1. The van der Waals surface area contributed by atoms with E-state index in [2.05, 4.69) is 26.3 Å². The monoisotopic (exact) mass is 370 g/mol. The molecule has 3 rings (SSSR count). The quantitative estimate of drug-likeness (QED) is 0.655. The molecule has 1 atom stereocenters. The average molecular weight is 370 g/mol. The third-order valence-corrected chi connectivity index (χ3v) is 4.59. The summed E-state index contributed by atoms with van der Waals surface area (Å²) in [5, 5.41) is 16.9. The van der Waals surface area contributed by atoms with Crippen molar-refractivity contribution >= 4 is 17.5 Å². The van der Waals surface area contributed by atoms with Gasteiger partial charge in [0.2, 0.25) is 5.91 Å². The summed E-state index contributed by atoms with van der Waals surface area (Å²) >= 11 is 0. The molecular weight excluding hydrogens is 344 g/mol. The molecular formula is C19H26N6O2. The molecule has 1 aromatic carbocycles. The fourth-order valence-corrected chi connectivity index (χ4v) is 3.10. The Morgan fingerprint density at radius 3 is 2.85 bits per heavy atom. The van der Waals surface area contributed by atoms with Crippen LogP contribution in [0.25, 0.3) is 0 Å². The van der Waals surface area contributed by atoms with E-state index in [-0.39, 0.29) is 30.5 Å². The van der Waals surface area contributed by atoms with Crippen molar-refractivity contribution in [3.63, 3.8) is 0 Å². The van der Waals surface area contributed by atoms with Gasteiger partial charge in [0.1, 0.15) is 0 Å². The van der Waals surface area contributed by atoms with Gasteiger partial charge in [-0.1, -0.05) is 29.8 Å². The number of carbonyl (C=O) groups is 2. The van der Waals surface area contributed by atoms with Crippen LogP contribution >= 0.6 is 0 Å². The van der Waals surface area contributed by atoms with Gasteiger partial charge in [0.05, 0.1) is 6.20 Å². The second-order valence-electron chi connectivity index (χ2n) is 6.72. The predicted octanol–water partition coefficient (Wildman–Crippen LogP) is 1.57. The van der Waals surface area contributed by atoms with Gasteiger partial charge in [-0.25, -0.2) is 0 Å². The van der Waals surface area contributed by atoms with Gasteiger partial charge < -0.3 is 16.0 Å². The summed E-state index contributed by atoms with van der Waals surface area (Å²) in [6, 6.07) is 9.74. The number of benzene rings is 1. The van der Waals surface area contributed by atoms with Gasteiger partial charge in [-0.2, -0.15) is 0 Å². The Morgan fingerprint density at radius 2 is 2.07 bits per heavy atom. The van der Waals surface area contributed by atoms with Crippen LogP contribution < -0.4 is 16.0 Å². The smallest absolute Gasteiger partial charge is 0.273 e. The molecule has 3 N–H and O–H groups in total. The lowest BCUT2D eigenvalue weighted by molar-refractivity contribution is -0.116. The summed E-state index contributed by atoms with van der Waals surface area (Å²) in [7, 11) is 0. The number of hydrogen-bond donors (Lipinski definition) is 3. The minimum atomic E-state index is -0.315. The lowest BCUT2D eigenvalue weighted by atomic mass is 10.0. The maximum Gasteiger partial charge on any atom is 0.273 e. The van der Waals surface area contributed by atoms with E-state index in [9.17, 15) is 9.59 Å². The van der Waals surface area contributed by atoms with E-state index in [4.69, 9.17) is 0 Å². The molecule has 2 heterocycles. The van der Waals surface area contributed by atoms with Crippen molar-refractivity contribution in [1.29, 1.82) is 0 Å². The highest BCUT2D eigenvalue weighted by molar-refractivity contribution is 5.93. The zero-order valence-corrected chi connectivity index (χ0v) is 15.4. The van der Waals surface area contributed by atoms with Crippen molar-refractivity contribution in [2.24, 2.45) is 0 Å². The summed E-state index contributed by atoms with van der Waals surface area (Å²) in [5.41, 5.74) is 1.01. The summed E-state index contributed by atoms with van der Waals surface area (Å²) in [6.07, 6.45) is 6.52. The van der Waals surface area contributed by atoms with Crippen LogP contribution in [-0.4, -0.2) is 45.9 Å². The van der Waals surface area contributed by atoms with Crippen LogP contribution in [-0.2, 0) is 11.3 Å². The van der Waals surface area contributed by atoms with E-state index in [1.54, 1.807) is 10.9 Å². The van der Waals surface area contributed by atoms with Crippen molar-refractivity contribution in [1.82, 2.24) is 25.6 Å². The number of nitrogens with one attached hydrogen (secondary N) is 3. The number of carbonyl (C=O) groups excluding carboxylic acids is 2. The molecule has 1 aliphatic rings. The SMILES string of the molecule is O=C(CCNC(=O)c1cn(CCC2CCCCN2)nn1)Nc1ccccc1. The highest BCUT2D eigenvalue weighted by Crippen LogP contribution is 2.11. The standard InChI is InChI=1S/C19H26N6O2/c26-18(22-16-7-2-1-3-8-16)9-12-21-19(27)17-14-25(24-23-17)13-10-15-6-4-5-11-20-15/h1-3,7-8,14-15,20H,4-6,9-13H2,(H,21,27)(H,22,26). The normalized spacial score (nSPS) is 16.7. The van der Waals surface area contributed by atoms with Gasteiger partial charge in [-0.05, 0) is 37.9 Å². The van der Waals surface area contributed by atoms with E-state index in [1.807, 2.05) is 30.3 Å². The topological polar surface area (TPSA) is 101 Å². The van der Waals surface area contributed by atoms with Gasteiger partial charge in [0.15, 0.2) is 5.69 Å². The van der Waals surface area contributed by atoms with Crippen molar-refractivity contribution in [3.8, 4) is 0 Å². The van der Waals surface area contributed by atoms with Crippen molar-refractivity contribution in [3.05, 3.63) is 42.2 Å². The van der Waals surface area contributed by atoms with Gasteiger partial charge >= 0.3 is 0 Å². The molecule has 1 saturated heterocycles. The van der Waals surface area contributed by atoms with Crippen molar-refractivity contribution in [2.45, 2.75) is 44.7 Å². The van der Waals surface area contributed by atoms with Crippen molar-refractivity contribution in [2.75, 3.05) is 18.4 Å². The maximum absolute atomic E-state index is 12.1. The first-order valence-corrected chi connectivity index (χ1v) is 9.47. The third-order valence-electron chi connectivity index (χ3n) is 4.59. The molecule has 1 unspecified atom stereocenters. The van der Waals surface area contributed by atoms with Crippen LogP contribution in [0.2, 0.25) is 0 Å². The summed E-state index contributed by atoms with van der Waals surface area (Å²) < 4.78 is 1.70. The Hall–Kier alpha value is -2.74. The molecule has 2 amide bonds. The molecule has 0 aliphatic carbocycles. The number of nitrogens with zero attached hydrogens (tertiary/aromatic N) is 3. The first kappa shape index (κ1) is 19.0. The Labute approximate surface area is 158 Å². The molecule has 0 radical (unpaired) electrons. The summed E-state index contributed by atoms with van der Waals surface area (Å²) in [6.45, 7) is 2.06. The summed E-state index contributed by atoms with van der Waals surface area (Å²) in [5.74, 6) is -0.463. The molecule has 1 fully saturated rings. The van der Waals surface area contributed by atoms with Crippen molar-refractivity contribution < 1.29 is 9.59 Å². The first-order chi connectivity index (χ1) is 13.2. The third kappa shape index (κ3) is 6.18. The number of para-hydroxylation sites is 1. The molecule has 144 valence electrons. The number of anilines is 1. The number of aryl methyl sites for hydroxylation is 1. The molecule has 27 heavy (non-hydrogen) atoms. The Morgan fingerprint density at radius 1 is 1.22 bits per heavy atom. The Kier molecular flexibility index (Phi) is 6.92. The number of rotatable bonds is 8.